The van der Waals surface area contributed by atoms with E-state index in [1.807, 2.05) is 32.9 Å². The van der Waals surface area contributed by atoms with Gasteiger partial charge in [0.2, 0.25) is 5.91 Å². The van der Waals surface area contributed by atoms with Gasteiger partial charge in [-0.05, 0) is 51.7 Å². The van der Waals surface area contributed by atoms with Crippen molar-refractivity contribution in [3.8, 4) is 11.8 Å². The summed E-state index contributed by atoms with van der Waals surface area (Å²) in [6.45, 7) is 7.37. The number of likely N-dealkylation sites (tertiary alicyclic amines) is 1. The third kappa shape index (κ3) is 6.81. The number of rotatable bonds is 5. The molecule has 1 aromatic carbocycles. The average Bonchev–Trinajstić information content (AvgIpc) is 2.60. The summed E-state index contributed by atoms with van der Waals surface area (Å²) in [5, 5.41) is 11.3. The Morgan fingerprint density at radius 2 is 1.93 bits per heavy atom. The zero-order valence-corrected chi connectivity index (χ0v) is 16.2. The Bertz CT molecular complexity index is 698. The third-order valence-electron chi connectivity index (χ3n) is 4.14. The molecule has 7 nitrogen and oxygen atoms in total. The Morgan fingerprint density at radius 3 is 2.56 bits per heavy atom. The highest BCUT2D eigenvalue weighted by atomic mass is 16.6. The van der Waals surface area contributed by atoms with Crippen LogP contribution in [0.1, 0.15) is 40.0 Å². The van der Waals surface area contributed by atoms with Crippen molar-refractivity contribution in [3.63, 3.8) is 0 Å². The summed E-state index contributed by atoms with van der Waals surface area (Å²) in [5.41, 5.74) is 0.0699. The standard InChI is InChI=1S/C20H27N3O4/c1-20(2,3)27-19(25)23-12-9-15(10-13-23)14-26-17-7-5-4-6-16(17)22-18(24)8-11-21/h4-7,15H,8-10,12-14H2,1-3H3,(H,22,24). The Balaban J connectivity index is 1.83. The van der Waals surface area contributed by atoms with Crippen LogP contribution in [0.5, 0.6) is 5.75 Å². The van der Waals surface area contributed by atoms with Crippen LogP contribution in [0, 0.1) is 17.2 Å². The predicted octanol–water partition coefficient (Wildman–Crippen LogP) is 3.56. The summed E-state index contributed by atoms with van der Waals surface area (Å²) >= 11 is 0. The molecule has 0 bridgehead atoms. The van der Waals surface area contributed by atoms with Crippen LogP contribution >= 0.6 is 0 Å². The van der Waals surface area contributed by atoms with Crippen LogP contribution in [0.3, 0.4) is 0 Å². The molecule has 2 rings (SSSR count). The van der Waals surface area contributed by atoms with Gasteiger partial charge in [0.1, 0.15) is 17.8 Å². The van der Waals surface area contributed by atoms with Gasteiger partial charge in [-0.25, -0.2) is 4.79 Å². The van der Waals surface area contributed by atoms with Crippen LogP contribution in [0.25, 0.3) is 0 Å². The number of amides is 2. The maximum atomic E-state index is 12.1. The first-order chi connectivity index (χ1) is 12.8. The van der Waals surface area contributed by atoms with Crippen LogP contribution in [0.15, 0.2) is 24.3 Å². The van der Waals surface area contributed by atoms with E-state index in [1.54, 1.807) is 23.1 Å². The first-order valence-corrected chi connectivity index (χ1v) is 9.15. The molecule has 27 heavy (non-hydrogen) atoms. The fourth-order valence-electron chi connectivity index (χ4n) is 2.78. The van der Waals surface area contributed by atoms with Crippen LogP contribution in [0.2, 0.25) is 0 Å². The monoisotopic (exact) mass is 373 g/mol. The summed E-state index contributed by atoms with van der Waals surface area (Å²) in [6, 6.07) is 8.99. The van der Waals surface area contributed by atoms with E-state index in [0.29, 0.717) is 37.1 Å². The van der Waals surface area contributed by atoms with E-state index in [1.165, 1.54) is 0 Å². The van der Waals surface area contributed by atoms with Gasteiger partial charge in [0.25, 0.3) is 0 Å². The molecule has 1 saturated heterocycles. The molecule has 1 aliphatic heterocycles. The largest absolute Gasteiger partial charge is 0.491 e. The summed E-state index contributed by atoms with van der Waals surface area (Å²) < 4.78 is 11.3. The van der Waals surface area contributed by atoms with Crippen molar-refractivity contribution >= 4 is 17.7 Å². The molecule has 0 unspecified atom stereocenters. The molecule has 0 aliphatic carbocycles. The average molecular weight is 373 g/mol. The highest BCUT2D eigenvalue weighted by Gasteiger charge is 2.27. The van der Waals surface area contributed by atoms with Gasteiger partial charge < -0.3 is 19.7 Å². The van der Waals surface area contributed by atoms with Crippen molar-refractivity contribution in [1.29, 1.82) is 5.26 Å². The normalized spacial score (nSPS) is 15.0. The SMILES string of the molecule is CC(C)(C)OC(=O)N1CCC(COc2ccccc2NC(=O)CC#N)CC1. The number of carbonyl (C=O) groups is 2. The second kappa shape index (κ2) is 9.26. The number of benzene rings is 1. The number of hydrogen-bond donors (Lipinski definition) is 1. The molecule has 1 N–H and O–H groups in total. The number of hydrogen-bond acceptors (Lipinski definition) is 5. The number of nitrogens with one attached hydrogen (secondary N) is 1. The minimum absolute atomic E-state index is 0.197. The molecule has 1 fully saturated rings. The van der Waals surface area contributed by atoms with Gasteiger partial charge in [-0.2, -0.15) is 5.26 Å². The van der Waals surface area contributed by atoms with Crippen molar-refractivity contribution in [3.05, 3.63) is 24.3 Å². The summed E-state index contributed by atoms with van der Waals surface area (Å²) in [4.78, 5) is 25.5. The Morgan fingerprint density at radius 1 is 1.26 bits per heavy atom. The summed E-state index contributed by atoms with van der Waals surface area (Å²) in [7, 11) is 0. The lowest BCUT2D eigenvalue weighted by Crippen LogP contribution is -2.42. The van der Waals surface area contributed by atoms with Crippen LogP contribution in [-0.4, -0.2) is 42.2 Å². The molecule has 1 heterocycles. The van der Waals surface area contributed by atoms with E-state index in [2.05, 4.69) is 5.32 Å². The van der Waals surface area contributed by atoms with Crippen LogP contribution < -0.4 is 10.1 Å². The second-order valence-corrected chi connectivity index (χ2v) is 7.60. The highest BCUT2D eigenvalue weighted by molar-refractivity contribution is 5.93. The number of piperidine rings is 1. The molecule has 0 radical (unpaired) electrons. The lowest BCUT2D eigenvalue weighted by molar-refractivity contribution is -0.115. The molecular formula is C20H27N3O4. The van der Waals surface area contributed by atoms with E-state index < -0.39 is 5.60 Å². The molecule has 1 aromatic rings. The van der Waals surface area contributed by atoms with Crippen molar-refractivity contribution in [2.45, 2.75) is 45.6 Å². The number of nitrogens with zero attached hydrogens (tertiary/aromatic N) is 2. The number of para-hydroxylation sites is 2. The van der Waals surface area contributed by atoms with Crippen molar-refractivity contribution in [2.24, 2.45) is 5.92 Å². The Kier molecular flexibility index (Phi) is 7.05. The van der Waals surface area contributed by atoms with E-state index in [0.717, 1.165) is 12.8 Å². The summed E-state index contributed by atoms with van der Waals surface area (Å²) in [6.07, 6.45) is 1.20. The van der Waals surface area contributed by atoms with Crippen molar-refractivity contribution in [2.75, 3.05) is 25.0 Å². The Labute approximate surface area is 160 Å². The van der Waals surface area contributed by atoms with Crippen molar-refractivity contribution in [1.82, 2.24) is 4.90 Å². The molecular weight excluding hydrogens is 346 g/mol. The fraction of sp³-hybridized carbons (Fsp3) is 0.550. The maximum Gasteiger partial charge on any atom is 0.410 e. The first-order valence-electron chi connectivity index (χ1n) is 9.15. The zero-order valence-electron chi connectivity index (χ0n) is 16.2. The molecule has 7 heteroatoms. The third-order valence-corrected chi connectivity index (χ3v) is 4.14. The van der Waals surface area contributed by atoms with E-state index in [4.69, 9.17) is 14.7 Å². The lowest BCUT2D eigenvalue weighted by Gasteiger charge is -2.33. The maximum absolute atomic E-state index is 12.1. The topological polar surface area (TPSA) is 91.7 Å². The van der Waals surface area contributed by atoms with Gasteiger partial charge in [-0.3, -0.25) is 4.79 Å². The number of nitriles is 1. The van der Waals surface area contributed by atoms with Crippen molar-refractivity contribution < 1.29 is 19.1 Å². The molecule has 146 valence electrons. The molecule has 0 atom stereocenters. The number of anilines is 1. The fourth-order valence-corrected chi connectivity index (χ4v) is 2.78. The summed E-state index contributed by atoms with van der Waals surface area (Å²) in [5.74, 6) is 0.545. The minimum Gasteiger partial charge on any atom is -0.491 e. The minimum atomic E-state index is -0.489. The van der Waals surface area contributed by atoms with Gasteiger partial charge >= 0.3 is 6.09 Å². The van der Waals surface area contributed by atoms with Gasteiger partial charge in [-0.15, -0.1) is 0 Å². The van der Waals surface area contributed by atoms with Crippen LogP contribution in [0.4, 0.5) is 10.5 Å². The van der Waals surface area contributed by atoms with Gasteiger partial charge in [0.05, 0.1) is 18.4 Å². The van der Waals surface area contributed by atoms with E-state index in [9.17, 15) is 9.59 Å². The van der Waals surface area contributed by atoms with Crippen LogP contribution in [-0.2, 0) is 9.53 Å². The highest BCUT2D eigenvalue weighted by Crippen LogP contribution is 2.26. The molecule has 0 saturated carbocycles. The predicted molar refractivity (Wildman–Crippen MR) is 101 cm³/mol. The molecule has 0 aromatic heterocycles. The molecule has 1 aliphatic rings. The quantitative estimate of drug-likeness (QED) is 0.852. The lowest BCUT2D eigenvalue weighted by atomic mass is 9.98. The van der Waals surface area contributed by atoms with Gasteiger partial charge in [0.15, 0.2) is 0 Å². The molecule has 2 amide bonds. The first kappa shape index (κ1) is 20.6. The van der Waals surface area contributed by atoms with Gasteiger partial charge in [-0.1, -0.05) is 12.1 Å². The smallest absolute Gasteiger partial charge is 0.410 e. The Hall–Kier alpha value is -2.75. The number of ether oxygens (including phenoxy) is 2. The van der Waals surface area contributed by atoms with E-state index in [-0.39, 0.29) is 18.4 Å². The van der Waals surface area contributed by atoms with Gasteiger partial charge in [0, 0.05) is 13.1 Å². The number of carbonyl (C=O) groups excluding carboxylic acids is 2. The second-order valence-electron chi connectivity index (χ2n) is 7.60. The van der Waals surface area contributed by atoms with E-state index >= 15 is 0 Å². The zero-order chi connectivity index (χ0) is 19.9. The molecule has 0 spiro atoms.